The van der Waals surface area contributed by atoms with E-state index in [0.717, 1.165) is 0 Å². The third-order valence-corrected chi connectivity index (χ3v) is 4.48. The standard InChI is InChI=1S/C21H30O8/c1-6-8-9-10-18-16(25)11-19(27-14(4)23)21(28-15(5)24)12-20(29-18)17(7-2)26-13(3)22/h1,8-9,16-21,25H,7,10-12H2,2-5H3/b9-8-/t16-,17+,18-,19-,20+,21-/m1/s1. The number of aliphatic hydroxyl groups excluding tert-OH is 1. The molecule has 1 aliphatic heterocycles. The number of carbonyl (C=O) groups excluding carboxylic acids is 3. The summed E-state index contributed by atoms with van der Waals surface area (Å²) in [4.78, 5) is 34.7. The Morgan fingerprint density at radius 1 is 1.14 bits per heavy atom. The lowest BCUT2D eigenvalue weighted by Crippen LogP contribution is -2.50. The predicted octanol–water partition coefficient (Wildman–Crippen LogP) is 1.68. The Bertz CT molecular complexity index is 635. The molecule has 8 nitrogen and oxygen atoms in total. The van der Waals surface area contributed by atoms with Crippen molar-refractivity contribution < 1.29 is 38.4 Å². The molecule has 0 aromatic heterocycles. The van der Waals surface area contributed by atoms with Crippen LogP contribution in [0.5, 0.6) is 0 Å². The molecule has 0 spiro atoms. The fourth-order valence-electron chi connectivity index (χ4n) is 3.32. The minimum atomic E-state index is -1.03. The highest BCUT2D eigenvalue weighted by Gasteiger charge is 2.41. The summed E-state index contributed by atoms with van der Waals surface area (Å²) in [6.45, 7) is 5.60. The molecule has 0 saturated carbocycles. The van der Waals surface area contributed by atoms with Crippen LogP contribution in [-0.4, -0.2) is 59.6 Å². The van der Waals surface area contributed by atoms with Crippen molar-refractivity contribution in [2.24, 2.45) is 0 Å². The average molecular weight is 410 g/mol. The number of allylic oxidation sites excluding steroid dienone is 1. The zero-order chi connectivity index (χ0) is 22.0. The quantitative estimate of drug-likeness (QED) is 0.384. The normalized spacial score (nSPS) is 28.5. The summed E-state index contributed by atoms with van der Waals surface area (Å²) >= 11 is 0. The van der Waals surface area contributed by atoms with Gasteiger partial charge in [-0.05, 0) is 18.9 Å². The molecule has 6 atom stereocenters. The van der Waals surface area contributed by atoms with E-state index in [4.69, 9.17) is 25.4 Å². The van der Waals surface area contributed by atoms with Gasteiger partial charge in [0.25, 0.3) is 0 Å². The lowest BCUT2D eigenvalue weighted by atomic mass is 9.92. The van der Waals surface area contributed by atoms with Crippen molar-refractivity contribution in [1.82, 2.24) is 0 Å². The van der Waals surface area contributed by atoms with Gasteiger partial charge in [-0.15, -0.1) is 6.42 Å². The molecule has 1 N–H and O–H groups in total. The third kappa shape index (κ3) is 8.67. The Morgan fingerprint density at radius 3 is 2.21 bits per heavy atom. The van der Waals surface area contributed by atoms with Crippen molar-refractivity contribution in [1.29, 1.82) is 0 Å². The molecule has 0 aliphatic carbocycles. The molecule has 1 saturated heterocycles. The number of ether oxygens (including phenoxy) is 4. The molecule has 1 aliphatic rings. The molecular weight excluding hydrogens is 380 g/mol. The first kappa shape index (κ1) is 24.7. The second-order valence-corrected chi connectivity index (χ2v) is 6.91. The fourth-order valence-corrected chi connectivity index (χ4v) is 3.32. The van der Waals surface area contributed by atoms with Gasteiger partial charge in [-0.1, -0.05) is 18.9 Å². The Labute approximate surface area is 171 Å². The maximum absolute atomic E-state index is 11.6. The van der Waals surface area contributed by atoms with E-state index < -0.39 is 54.5 Å². The maximum Gasteiger partial charge on any atom is 0.303 e. The summed E-state index contributed by atoms with van der Waals surface area (Å²) in [5.41, 5.74) is 0. The van der Waals surface area contributed by atoms with Crippen molar-refractivity contribution in [3.63, 3.8) is 0 Å². The van der Waals surface area contributed by atoms with Crippen LogP contribution in [0.2, 0.25) is 0 Å². The number of hydrogen-bond donors (Lipinski definition) is 1. The molecule has 0 aromatic rings. The largest absolute Gasteiger partial charge is 0.460 e. The van der Waals surface area contributed by atoms with E-state index in [1.807, 2.05) is 6.92 Å². The number of esters is 3. The van der Waals surface area contributed by atoms with Crippen molar-refractivity contribution in [2.45, 2.75) is 90.0 Å². The number of terminal acetylenes is 1. The summed E-state index contributed by atoms with van der Waals surface area (Å²) in [7, 11) is 0. The summed E-state index contributed by atoms with van der Waals surface area (Å²) in [6, 6.07) is 0. The molecule has 29 heavy (non-hydrogen) atoms. The molecule has 0 amide bonds. The molecule has 0 radical (unpaired) electrons. The third-order valence-electron chi connectivity index (χ3n) is 4.48. The van der Waals surface area contributed by atoms with Gasteiger partial charge in [0.05, 0.1) is 18.3 Å². The van der Waals surface area contributed by atoms with Crippen molar-refractivity contribution in [2.75, 3.05) is 0 Å². The van der Waals surface area contributed by atoms with Crippen LogP contribution in [0.25, 0.3) is 0 Å². The van der Waals surface area contributed by atoms with E-state index >= 15 is 0 Å². The van der Waals surface area contributed by atoms with Crippen LogP contribution in [0.15, 0.2) is 12.2 Å². The Morgan fingerprint density at radius 2 is 1.72 bits per heavy atom. The van der Waals surface area contributed by atoms with E-state index in [2.05, 4.69) is 5.92 Å². The zero-order valence-electron chi connectivity index (χ0n) is 17.3. The summed E-state index contributed by atoms with van der Waals surface area (Å²) in [6.07, 6.45) is 4.55. The van der Waals surface area contributed by atoms with E-state index in [9.17, 15) is 19.5 Å². The van der Waals surface area contributed by atoms with Crippen LogP contribution in [-0.2, 0) is 33.3 Å². The fraction of sp³-hybridized carbons (Fsp3) is 0.667. The molecule has 0 aromatic carbocycles. The minimum absolute atomic E-state index is 0.0170. The van der Waals surface area contributed by atoms with E-state index in [-0.39, 0.29) is 12.8 Å². The number of rotatable bonds is 7. The Hall–Kier alpha value is -2.37. The summed E-state index contributed by atoms with van der Waals surface area (Å²) in [5, 5.41) is 10.7. The van der Waals surface area contributed by atoms with Crippen LogP contribution < -0.4 is 0 Å². The van der Waals surface area contributed by atoms with Crippen LogP contribution in [0.1, 0.15) is 53.4 Å². The van der Waals surface area contributed by atoms with E-state index in [1.165, 1.54) is 26.8 Å². The number of aliphatic hydroxyl groups is 1. The summed E-state index contributed by atoms with van der Waals surface area (Å²) < 4.78 is 22.2. The van der Waals surface area contributed by atoms with Gasteiger partial charge in [-0.3, -0.25) is 14.4 Å². The van der Waals surface area contributed by atoms with Crippen LogP contribution in [0.3, 0.4) is 0 Å². The van der Waals surface area contributed by atoms with E-state index in [1.54, 1.807) is 6.08 Å². The molecule has 8 heteroatoms. The van der Waals surface area contributed by atoms with Crippen LogP contribution in [0, 0.1) is 12.3 Å². The monoisotopic (exact) mass is 410 g/mol. The molecular formula is C21H30O8. The van der Waals surface area contributed by atoms with Gasteiger partial charge < -0.3 is 24.1 Å². The maximum atomic E-state index is 11.6. The second-order valence-electron chi connectivity index (χ2n) is 6.91. The SMILES string of the molecule is C#C/C=C\C[C@H]1O[C@H]([C@H](CC)OC(C)=O)C[C@@H](OC(C)=O)[C@H](OC(C)=O)C[C@H]1O. The number of carbonyl (C=O) groups is 3. The minimum Gasteiger partial charge on any atom is -0.460 e. The summed E-state index contributed by atoms with van der Waals surface area (Å²) in [5.74, 6) is 0.770. The molecule has 1 fully saturated rings. The van der Waals surface area contributed by atoms with Gasteiger partial charge in [0, 0.05) is 33.6 Å². The first-order valence-electron chi connectivity index (χ1n) is 9.64. The first-order chi connectivity index (χ1) is 13.7. The van der Waals surface area contributed by atoms with Crippen molar-refractivity contribution >= 4 is 17.9 Å². The lowest BCUT2D eigenvalue weighted by molar-refractivity contribution is -0.197. The number of hydrogen-bond acceptors (Lipinski definition) is 8. The molecule has 1 rings (SSSR count). The van der Waals surface area contributed by atoms with Crippen molar-refractivity contribution in [3.8, 4) is 12.3 Å². The lowest BCUT2D eigenvalue weighted by Gasteiger charge is -2.39. The van der Waals surface area contributed by atoms with E-state index in [0.29, 0.717) is 12.8 Å². The second kappa shape index (κ2) is 12.2. The van der Waals surface area contributed by atoms with Gasteiger partial charge in [0.2, 0.25) is 0 Å². The van der Waals surface area contributed by atoms with Gasteiger partial charge in [0.15, 0.2) is 0 Å². The van der Waals surface area contributed by atoms with Crippen LogP contribution in [0.4, 0.5) is 0 Å². The zero-order valence-corrected chi connectivity index (χ0v) is 17.3. The highest BCUT2D eigenvalue weighted by atomic mass is 16.6. The first-order valence-corrected chi connectivity index (χ1v) is 9.64. The Kier molecular flexibility index (Phi) is 10.4. The average Bonchev–Trinajstić information content (AvgIpc) is 2.61. The van der Waals surface area contributed by atoms with Gasteiger partial charge >= 0.3 is 17.9 Å². The molecule has 0 unspecified atom stereocenters. The van der Waals surface area contributed by atoms with Crippen LogP contribution >= 0.6 is 0 Å². The molecule has 1 heterocycles. The van der Waals surface area contributed by atoms with Gasteiger partial charge in [-0.2, -0.15) is 0 Å². The van der Waals surface area contributed by atoms with Gasteiger partial charge in [0.1, 0.15) is 18.3 Å². The molecule has 162 valence electrons. The van der Waals surface area contributed by atoms with Crippen molar-refractivity contribution in [3.05, 3.63) is 12.2 Å². The highest BCUT2D eigenvalue weighted by Crippen LogP contribution is 2.29. The molecule has 0 bridgehead atoms. The smallest absolute Gasteiger partial charge is 0.303 e. The Balaban J connectivity index is 3.24. The topological polar surface area (TPSA) is 108 Å². The highest BCUT2D eigenvalue weighted by molar-refractivity contribution is 5.67. The van der Waals surface area contributed by atoms with Gasteiger partial charge in [-0.25, -0.2) is 0 Å². The predicted molar refractivity (Wildman–Crippen MR) is 103 cm³/mol.